The van der Waals surface area contributed by atoms with Crippen LogP contribution in [0, 0.1) is 5.41 Å². The van der Waals surface area contributed by atoms with Crippen LogP contribution in [0.5, 0.6) is 0 Å². The second-order valence-corrected chi connectivity index (χ2v) is 6.08. The van der Waals surface area contributed by atoms with E-state index in [-0.39, 0.29) is 16.9 Å². The van der Waals surface area contributed by atoms with E-state index in [0.717, 1.165) is 32.5 Å². The maximum absolute atomic E-state index is 12.3. The van der Waals surface area contributed by atoms with Crippen LogP contribution in [-0.4, -0.2) is 41.5 Å². The van der Waals surface area contributed by atoms with Gasteiger partial charge in [-0.2, -0.15) is 0 Å². The van der Waals surface area contributed by atoms with E-state index >= 15 is 0 Å². The number of rotatable bonds is 6. The first-order valence-electron chi connectivity index (χ1n) is 7.27. The van der Waals surface area contributed by atoms with E-state index in [1.165, 1.54) is 6.42 Å². The van der Waals surface area contributed by atoms with E-state index in [4.69, 9.17) is 18.0 Å². The summed E-state index contributed by atoms with van der Waals surface area (Å²) in [4.78, 5) is 15.1. The zero-order valence-corrected chi connectivity index (χ0v) is 13.2. The summed E-state index contributed by atoms with van der Waals surface area (Å²) in [5.41, 5.74) is 5.00. The average molecular weight is 285 g/mol. The molecular weight excluding hydrogens is 258 g/mol. The van der Waals surface area contributed by atoms with Crippen LogP contribution in [0.4, 0.5) is 0 Å². The first-order valence-corrected chi connectivity index (χ1v) is 7.68. The van der Waals surface area contributed by atoms with Gasteiger partial charge in [-0.1, -0.05) is 26.1 Å². The summed E-state index contributed by atoms with van der Waals surface area (Å²) < 4.78 is 0. The first-order chi connectivity index (χ1) is 8.93. The van der Waals surface area contributed by atoms with Crippen molar-refractivity contribution in [2.24, 2.45) is 11.1 Å². The van der Waals surface area contributed by atoms with Crippen LogP contribution in [0.15, 0.2) is 0 Å². The number of piperidine rings is 1. The second kappa shape index (κ2) is 7.20. The zero-order valence-electron chi connectivity index (χ0n) is 12.4. The Morgan fingerprint density at radius 2 is 2.00 bits per heavy atom. The van der Waals surface area contributed by atoms with Crippen molar-refractivity contribution in [3.05, 3.63) is 0 Å². The highest BCUT2D eigenvalue weighted by molar-refractivity contribution is 7.80. The Hall–Kier alpha value is -0.680. The topological polar surface area (TPSA) is 58.4 Å². The van der Waals surface area contributed by atoms with Crippen molar-refractivity contribution < 1.29 is 4.79 Å². The Balaban J connectivity index is 2.48. The van der Waals surface area contributed by atoms with Crippen molar-refractivity contribution in [1.82, 2.24) is 10.2 Å². The minimum Gasteiger partial charge on any atom is -0.392 e. The minimum atomic E-state index is -0.712. The lowest BCUT2D eigenvalue weighted by Gasteiger charge is -2.34. The molecule has 1 fully saturated rings. The van der Waals surface area contributed by atoms with Crippen molar-refractivity contribution in [2.75, 3.05) is 19.6 Å². The number of amides is 1. The Morgan fingerprint density at radius 1 is 1.42 bits per heavy atom. The van der Waals surface area contributed by atoms with Crippen LogP contribution < -0.4 is 11.1 Å². The van der Waals surface area contributed by atoms with Gasteiger partial charge in [-0.25, -0.2) is 0 Å². The summed E-state index contributed by atoms with van der Waals surface area (Å²) in [7, 11) is 0. The summed E-state index contributed by atoms with van der Waals surface area (Å²) >= 11 is 5.04. The lowest BCUT2D eigenvalue weighted by molar-refractivity contribution is -0.128. The number of hydrogen-bond acceptors (Lipinski definition) is 3. The number of thiocarbonyl (C=S) groups is 1. The van der Waals surface area contributed by atoms with Gasteiger partial charge in [0.2, 0.25) is 5.91 Å². The van der Waals surface area contributed by atoms with Gasteiger partial charge in [-0.15, -0.1) is 0 Å². The average Bonchev–Trinajstić information content (AvgIpc) is 2.40. The predicted molar refractivity (Wildman–Crippen MR) is 83.1 cm³/mol. The number of nitrogens with two attached hydrogens (primary N) is 1. The van der Waals surface area contributed by atoms with Gasteiger partial charge in [-0.3, -0.25) is 4.79 Å². The monoisotopic (exact) mass is 285 g/mol. The molecule has 0 saturated carbocycles. The molecule has 1 atom stereocenters. The Bertz CT molecular complexity index is 327. The molecule has 0 radical (unpaired) electrons. The van der Waals surface area contributed by atoms with Crippen LogP contribution in [-0.2, 0) is 4.79 Å². The number of hydrogen-bond donors (Lipinski definition) is 2. The SMILES string of the molecule is CCCN1CCC(NC(=O)C(C)(CC)C(N)=S)CC1. The van der Waals surface area contributed by atoms with Crippen molar-refractivity contribution in [1.29, 1.82) is 0 Å². The number of nitrogens with one attached hydrogen (secondary N) is 1. The van der Waals surface area contributed by atoms with E-state index in [9.17, 15) is 4.79 Å². The molecule has 1 heterocycles. The Morgan fingerprint density at radius 3 is 2.42 bits per heavy atom. The van der Waals surface area contributed by atoms with Gasteiger partial charge in [0, 0.05) is 19.1 Å². The molecule has 1 saturated heterocycles. The number of nitrogens with zero attached hydrogens (tertiary/aromatic N) is 1. The van der Waals surface area contributed by atoms with E-state index in [0.29, 0.717) is 6.42 Å². The molecule has 1 unspecified atom stereocenters. The summed E-state index contributed by atoms with van der Waals surface area (Å²) in [5.74, 6) is -0.0172. The van der Waals surface area contributed by atoms with E-state index in [2.05, 4.69) is 17.1 Å². The van der Waals surface area contributed by atoms with Crippen molar-refractivity contribution >= 4 is 23.1 Å². The van der Waals surface area contributed by atoms with Gasteiger partial charge in [-0.05, 0) is 39.2 Å². The molecule has 0 aromatic carbocycles. The molecular formula is C14H27N3OS. The van der Waals surface area contributed by atoms with Crippen molar-refractivity contribution in [2.45, 2.75) is 52.5 Å². The molecule has 0 aromatic heterocycles. The Labute approximate surface area is 122 Å². The minimum absolute atomic E-state index is 0.0172. The molecule has 0 bridgehead atoms. The molecule has 0 spiro atoms. The third kappa shape index (κ3) is 4.14. The predicted octanol–water partition coefficient (Wildman–Crippen LogP) is 1.68. The van der Waals surface area contributed by atoms with E-state index in [1.54, 1.807) is 0 Å². The normalized spacial score (nSPS) is 20.8. The van der Waals surface area contributed by atoms with Gasteiger partial charge >= 0.3 is 0 Å². The van der Waals surface area contributed by atoms with Crippen LogP contribution >= 0.6 is 12.2 Å². The fourth-order valence-electron chi connectivity index (χ4n) is 2.41. The smallest absolute Gasteiger partial charge is 0.232 e. The molecule has 4 nitrogen and oxygen atoms in total. The van der Waals surface area contributed by atoms with Crippen LogP contribution in [0.1, 0.15) is 46.5 Å². The molecule has 1 aliphatic rings. The molecule has 5 heteroatoms. The van der Waals surface area contributed by atoms with Gasteiger partial charge in [0.1, 0.15) is 0 Å². The molecule has 0 aliphatic carbocycles. The fraction of sp³-hybridized carbons (Fsp3) is 0.857. The van der Waals surface area contributed by atoms with Crippen LogP contribution in [0.2, 0.25) is 0 Å². The quantitative estimate of drug-likeness (QED) is 0.729. The number of likely N-dealkylation sites (tertiary alicyclic amines) is 1. The lowest BCUT2D eigenvalue weighted by Crippen LogP contribution is -2.52. The maximum atomic E-state index is 12.3. The number of carbonyl (C=O) groups is 1. The molecule has 19 heavy (non-hydrogen) atoms. The molecule has 0 aromatic rings. The molecule has 1 aliphatic heterocycles. The van der Waals surface area contributed by atoms with Gasteiger partial charge in [0.15, 0.2) is 0 Å². The van der Waals surface area contributed by atoms with E-state index < -0.39 is 5.41 Å². The molecule has 1 rings (SSSR count). The summed E-state index contributed by atoms with van der Waals surface area (Å²) in [6.45, 7) is 9.26. The van der Waals surface area contributed by atoms with Gasteiger partial charge in [0.05, 0.1) is 10.4 Å². The van der Waals surface area contributed by atoms with Gasteiger partial charge < -0.3 is 16.0 Å². The maximum Gasteiger partial charge on any atom is 0.232 e. The third-order valence-electron chi connectivity index (χ3n) is 4.21. The molecule has 3 N–H and O–H groups in total. The fourth-order valence-corrected chi connectivity index (χ4v) is 2.65. The highest BCUT2D eigenvalue weighted by Crippen LogP contribution is 2.23. The largest absolute Gasteiger partial charge is 0.392 e. The third-order valence-corrected chi connectivity index (χ3v) is 4.67. The molecule has 1 amide bonds. The van der Waals surface area contributed by atoms with E-state index in [1.807, 2.05) is 13.8 Å². The van der Waals surface area contributed by atoms with Crippen LogP contribution in [0.3, 0.4) is 0 Å². The summed E-state index contributed by atoms with van der Waals surface area (Å²) in [6.07, 6.45) is 3.86. The standard InChI is InChI=1S/C14H27N3OS/c1-4-8-17-9-6-11(7-10-17)16-13(18)14(3,5-2)12(15)19/h11H,4-10H2,1-3H3,(H2,15,19)(H,16,18). The van der Waals surface area contributed by atoms with Crippen LogP contribution in [0.25, 0.3) is 0 Å². The summed E-state index contributed by atoms with van der Waals surface area (Å²) in [5, 5.41) is 3.12. The lowest BCUT2D eigenvalue weighted by atomic mass is 9.86. The number of carbonyl (C=O) groups excluding carboxylic acids is 1. The summed E-state index contributed by atoms with van der Waals surface area (Å²) in [6, 6.07) is 0.265. The highest BCUT2D eigenvalue weighted by Gasteiger charge is 2.36. The first kappa shape index (κ1) is 16.4. The van der Waals surface area contributed by atoms with Gasteiger partial charge in [0.25, 0.3) is 0 Å². The zero-order chi connectivity index (χ0) is 14.5. The molecule has 110 valence electrons. The highest BCUT2D eigenvalue weighted by atomic mass is 32.1. The van der Waals surface area contributed by atoms with Crippen molar-refractivity contribution in [3.8, 4) is 0 Å². The Kier molecular flexibility index (Phi) is 6.20. The van der Waals surface area contributed by atoms with Crippen molar-refractivity contribution in [3.63, 3.8) is 0 Å². The second-order valence-electron chi connectivity index (χ2n) is 5.64.